The van der Waals surface area contributed by atoms with E-state index in [1.807, 2.05) is 0 Å². The molecule has 0 aliphatic heterocycles. The van der Waals surface area contributed by atoms with Crippen LogP contribution in [0.4, 0.5) is 0 Å². The number of ketones is 1. The topological polar surface area (TPSA) is 61.8 Å². The van der Waals surface area contributed by atoms with Crippen molar-refractivity contribution in [2.24, 2.45) is 5.92 Å². The van der Waals surface area contributed by atoms with Crippen LogP contribution in [0.3, 0.4) is 0 Å². The van der Waals surface area contributed by atoms with Crippen molar-refractivity contribution in [3.05, 3.63) is 23.3 Å². The first-order valence-electron chi connectivity index (χ1n) is 5.96. The molecule has 0 spiro atoms. The molecular weight excluding hydrogens is 248 g/mol. The van der Waals surface area contributed by atoms with Crippen molar-refractivity contribution in [1.29, 1.82) is 0 Å². The lowest BCUT2D eigenvalue weighted by Crippen LogP contribution is -2.27. The second-order valence-electron chi connectivity index (χ2n) is 4.42. The molecule has 0 heterocycles. The van der Waals surface area contributed by atoms with Gasteiger partial charge in [-0.3, -0.25) is 9.59 Å². The second-order valence-corrected chi connectivity index (χ2v) is 4.42. The Morgan fingerprint density at radius 1 is 1.16 bits per heavy atom. The largest absolute Gasteiger partial charge is 0.497 e. The van der Waals surface area contributed by atoms with Gasteiger partial charge in [-0.25, -0.2) is 0 Å². The van der Waals surface area contributed by atoms with Crippen LogP contribution in [0, 0.1) is 5.92 Å². The Morgan fingerprint density at radius 2 is 1.89 bits per heavy atom. The van der Waals surface area contributed by atoms with Gasteiger partial charge >= 0.3 is 5.97 Å². The van der Waals surface area contributed by atoms with E-state index in [9.17, 15) is 9.59 Å². The predicted molar refractivity (Wildman–Crippen MR) is 67.7 cm³/mol. The van der Waals surface area contributed by atoms with Gasteiger partial charge in [-0.15, -0.1) is 0 Å². The lowest BCUT2D eigenvalue weighted by Gasteiger charge is -2.23. The van der Waals surface area contributed by atoms with Gasteiger partial charge in [0.15, 0.2) is 5.78 Å². The number of Topliss-reactive ketones (excluding diaryl/α,β-unsaturated/α-hetero) is 1. The first-order chi connectivity index (χ1) is 9.10. The molecule has 1 aliphatic rings. The summed E-state index contributed by atoms with van der Waals surface area (Å²) in [5.41, 5.74) is 1.31. The van der Waals surface area contributed by atoms with E-state index < -0.39 is 5.92 Å². The van der Waals surface area contributed by atoms with E-state index in [2.05, 4.69) is 0 Å². The molecule has 1 unspecified atom stereocenters. The minimum absolute atomic E-state index is 0.101. The molecular formula is C14H16O5. The molecule has 0 aromatic heterocycles. The molecule has 1 atom stereocenters. The summed E-state index contributed by atoms with van der Waals surface area (Å²) >= 11 is 0. The summed E-state index contributed by atoms with van der Waals surface area (Å²) in [6, 6.07) is 3.44. The maximum atomic E-state index is 12.2. The number of rotatable bonds is 3. The number of benzene rings is 1. The Balaban J connectivity index is 2.46. The van der Waals surface area contributed by atoms with Crippen molar-refractivity contribution in [1.82, 2.24) is 0 Å². The highest BCUT2D eigenvalue weighted by molar-refractivity contribution is 6.03. The van der Waals surface area contributed by atoms with E-state index in [0.29, 0.717) is 23.5 Å². The zero-order valence-corrected chi connectivity index (χ0v) is 11.2. The standard InChI is InChI=1S/C14H16O5/c1-17-10-5-8-4-9(14(16)19-3)6-11(15)13(8)12(7-10)18-2/h5,7,9H,4,6H2,1-3H3. The highest BCUT2D eigenvalue weighted by atomic mass is 16.5. The number of carbonyl (C=O) groups is 2. The van der Waals surface area contributed by atoms with E-state index >= 15 is 0 Å². The molecule has 0 saturated heterocycles. The van der Waals surface area contributed by atoms with Crippen LogP contribution in [-0.4, -0.2) is 33.1 Å². The molecule has 1 aliphatic carbocycles. The molecule has 0 radical (unpaired) electrons. The van der Waals surface area contributed by atoms with Crippen LogP contribution >= 0.6 is 0 Å². The van der Waals surface area contributed by atoms with Crippen molar-refractivity contribution < 1.29 is 23.8 Å². The van der Waals surface area contributed by atoms with E-state index in [4.69, 9.17) is 14.2 Å². The molecule has 0 saturated carbocycles. The Labute approximate surface area is 111 Å². The lowest BCUT2D eigenvalue weighted by atomic mass is 9.82. The van der Waals surface area contributed by atoms with Crippen LogP contribution in [0.25, 0.3) is 0 Å². The van der Waals surface area contributed by atoms with Crippen LogP contribution in [0.15, 0.2) is 12.1 Å². The van der Waals surface area contributed by atoms with Crippen molar-refractivity contribution in [3.63, 3.8) is 0 Å². The van der Waals surface area contributed by atoms with Crippen molar-refractivity contribution in [2.75, 3.05) is 21.3 Å². The summed E-state index contributed by atoms with van der Waals surface area (Å²) in [7, 11) is 4.38. The van der Waals surface area contributed by atoms with Gasteiger partial charge in [-0.2, -0.15) is 0 Å². The maximum Gasteiger partial charge on any atom is 0.309 e. The summed E-state index contributed by atoms with van der Waals surface area (Å²) in [6.45, 7) is 0. The van der Waals surface area contributed by atoms with Gasteiger partial charge in [-0.05, 0) is 18.1 Å². The van der Waals surface area contributed by atoms with Gasteiger partial charge in [0.2, 0.25) is 0 Å². The monoisotopic (exact) mass is 264 g/mol. The Morgan fingerprint density at radius 3 is 2.47 bits per heavy atom. The quantitative estimate of drug-likeness (QED) is 0.776. The third-order valence-electron chi connectivity index (χ3n) is 3.32. The molecule has 1 aromatic rings. The predicted octanol–water partition coefficient (Wildman–Crippen LogP) is 1.62. The fraction of sp³-hybridized carbons (Fsp3) is 0.429. The number of hydrogen-bond acceptors (Lipinski definition) is 5. The third-order valence-corrected chi connectivity index (χ3v) is 3.32. The summed E-state index contributed by atoms with van der Waals surface area (Å²) in [5, 5.41) is 0. The van der Waals surface area contributed by atoms with Gasteiger partial charge in [0.25, 0.3) is 0 Å². The van der Waals surface area contributed by atoms with Gasteiger partial charge in [0.1, 0.15) is 11.5 Å². The fourth-order valence-corrected chi connectivity index (χ4v) is 2.40. The number of fused-ring (bicyclic) bond motifs is 1. The number of hydrogen-bond donors (Lipinski definition) is 0. The zero-order valence-electron chi connectivity index (χ0n) is 11.2. The first-order valence-corrected chi connectivity index (χ1v) is 5.96. The van der Waals surface area contributed by atoms with Gasteiger partial charge in [0, 0.05) is 12.5 Å². The van der Waals surface area contributed by atoms with E-state index in [1.165, 1.54) is 14.2 Å². The third kappa shape index (κ3) is 2.41. The first kappa shape index (κ1) is 13.4. The van der Waals surface area contributed by atoms with Crippen LogP contribution < -0.4 is 9.47 Å². The SMILES string of the molecule is COC(=O)C1CC(=O)c2c(cc(OC)cc2OC)C1. The minimum Gasteiger partial charge on any atom is -0.497 e. The second kappa shape index (κ2) is 5.30. The zero-order chi connectivity index (χ0) is 14.0. The van der Waals surface area contributed by atoms with Crippen LogP contribution in [0.2, 0.25) is 0 Å². The van der Waals surface area contributed by atoms with Gasteiger partial charge < -0.3 is 14.2 Å². The van der Waals surface area contributed by atoms with E-state index in [-0.39, 0.29) is 18.2 Å². The average Bonchev–Trinajstić information content (AvgIpc) is 2.44. The smallest absolute Gasteiger partial charge is 0.309 e. The van der Waals surface area contributed by atoms with Crippen LogP contribution in [0.5, 0.6) is 11.5 Å². The van der Waals surface area contributed by atoms with Crippen molar-refractivity contribution in [2.45, 2.75) is 12.8 Å². The molecule has 2 rings (SSSR count). The van der Waals surface area contributed by atoms with Crippen LogP contribution in [-0.2, 0) is 16.0 Å². The maximum absolute atomic E-state index is 12.2. The Bertz CT molecular complexity index is 521. The summed E-state index contributed by atoms with van der Waals surface area (Å²) in [5.74, 6) is 0.204. The van der Waals surface area contributed by atoms with E-state index in [0.717, 1.165) is 5.56 Å². The number of methoxy groups -OCH3 is 3. The van der Waals surface area contributed by atoms with Crippen molar-refractivity contribution >= 4 is 11.8 Å². The van der Waals surface area contributed by atoms with E-state index in [1.54, 1.807) is 19.2 Å². The summed E-state index contributed by atoms with van der Waals surface area (Å²) < 4.78 is 15.1. The Hall–Kier alpha value is -2.04. The molecule has 0 bridgehead atoms. The number of esters is 1. The minimum atomic E-state index is -0.429. The van der Waals surface area contributed by atoms with Gasteiger partial charge in [0.05, 0.1) is 32.8 Å². The molecule has 19 heavy (non-hydrogen) atoms. The molecule has 0 fully saturated rings. The normalized spacial score (nSPS) is 17.6. The molecule has 5 nitrogen and oxygen atoms in total. The summed E-state index contributed by atoms with van der Waals surface area (Å²) in [4.78, 5) is 23.8. The highest BCUT2D eigenvalue weighted by Gasteiger charge is 2.33. The number of carbonyl (C=O) groups excluding carboxylic acids is 2. The highest BCUT2D eigenvalue weighted by Crippen LogP contribution is 2.36. The molecule has 0 amide bonds. The molecule has 5 heteroatoms. The molecule has 102 valence electrons. The Kier molecular flexibility index (Phi) is 3.74. The van der Waals surface area contributed by atoms with Crippen LogP contribution in [0.1, 0.15) is 22.3 Å². The van der Waals surface area contributed by atoms with Crippen molar-refractivity contribution in [3.8, 4) is 11.5 Å². The summed E-state index contributed by atoms with van der Waals surface area (Å²) in [6.07, 6.45) is 0.615. The van der Waals surface area contributed by atoms with Gasteiger partial charge in [-0.1, -0.05) is 0 Å². The molecule has 1 aromatic carbocycles. The fourth-order valence-electron chi connectivity index (χ4n) is 2.40. The number of ether oxygens (including phenoxy) is 3. The lowest BCUT2D eigenvalue weighted by molar-refractivity contribution is -0.145. The average molecular weight is 264 g/mol. The molecule has 0 N–H and O–H groups in total.